The van der Waals surface area contributed by atoms with Crippen LogP contribution in [0, 0.1) is 5.82 Å². The van der Waals surface area contributed by atoms with Gasteiger partial charge in [-0.15, -0.1) is 0 Å². The Morgan fingerprint density at radius 1 is 1.50 bits per heavy atom. The molecule has 1 aliphatic carbocycles. The van der Waals surface area contributed by atoms with E-state index in [9.17, 15) is 9.18 Å². The lowest BCUT2D eigenvalue weighted by Crippen LogP contribution is -2.26. The third kappa shape index (κ3) is 2.79. The van der Waals surface area contributed by atoms with Gasteiger partial charge in [-0.25, -0.2) is 4.39 Å². The molecule has 3 rings (SSSR count). The highest BCUT2D eigenvalue weighted by Crippen LogP contribution is 2.24. The molecule has 0 spiro atoms. The molecule has 4 nitrogen and oxygen atoms in total. The summed E-state index contributed by atoms with van der Waals surface area (Å²) in [5.41, 5.74) is 0.379. The monoisotopic (exact) mass is 251 g/mol. The topological polar surface area (TPSA) is 50.9 Å². The zero-order chi connectivity index (χ0) is 12.5. The number of benzene rings is 1. The van der Waals surface area contributed by atoms with Crippen LogP contribution in [-0.4, -0.2) is 31.3 Å². The number of carbonyl (C=O) groups excluding carboxylic acids is 1. The average Bonchev–Trinajstić information content (AvgIpc) is 3.21. The molecule has 2 fully saturated rings. The highest BCUT2D eigenvalue weighted by Gasteiger charge is 2.27. The number of hydrogen-bond donors (Lipinski definition) is 1. The van der Waals surface area contributed by atoms with Gasteiger partial charge in [-0.3, -0.25) is 4.79 Å². The molecule has 1 aromatic rings. The van der Waals surface area contributed by atoms with Gasteiger partial charge in [-0.05, 0) is 25.0 Å². The molecular formula is C13H14FNO3. The van der Waals surface area contributed by atoms with Crippen LogP contribution in [0.1, 0.15) is 23.2 Å². The molecule has 1 saturated heterocycles. The van der Waals surface area contributed by atoms with Crippen molar-refractivity contribution in [3.05, 3.63) is 29.6 Å². The van der Waals surface area contributed by atoms with E-state index in [2.05, 4.69) is 5.32 Å². The maximum absolute atomic E-state index is 13.2. The second-order valence-corrected chi connectivity index (χ2v) is 4.65. The maximum atomic E-state index is 13.2. The normalized spacial score (nSPS) is 21.5. The van der Waals surface area contributed by atoms with Gasteiger partial charge in [0.15, 0.2) is 0 Å². The Morgan fingerprint density at radius 2 is 2.28 bits per heavy atom. The minimum Gasteiger partial charge on any atom is -0.490 e. The molecule has 1 amide bonds. The number of amides is 1. The molecule has 18 heavy (non-hydrogen) atoms. The Hall–Kier alpha value is -1.62. The van der Waals surface area contributed by atoms with Crippen molar-refractivity contribution in [2.24, 2.45) is 0 Å². The van der Waals surface area contributed by atoms with Gasteiger partial charge in [0, 0.05) is 12.1 Å². The van der Waals surface area contributed by atoms with Crippen LogP contribution in [0.4, 0.5) is 4.39 Å². The van der Waals surface area contributed by atoms with Crippen molar-refractivity contribution in [2.75, 3.05) is 13.2 Å². The fourth-order valence-corrected chi connectivity index (χ4v) is 1.64. The van der Waals surface area contributed by atoms with Crippen molar-refractivity contribution in [2.45, 2.75) is 25.0 Å². The zero-order valence-corrected chi connectivity index (χ0v) is 9.82. The first kappa shape index (κ1) is 11.5. The second kappa shape index (κ2) is 4.57. The summed E-state index contributed by atoms with van der Waals surface area (Å²) in [5, 5.41) is 2.86. The van der Waals surface area contributed by atoms with Crippen molar-refractivity contribution in [1.29, 1.82) is 0 Å². The third-order valence-electron chi connectivity index (χ3n) is 2.93. The van der Waals surface area contributed by atoms with Gasteiger partial charge in [-0.1, -0.05) is 0 Å². The standard InChI is InChI=1S/C13H14FNO3/c14-8-1-4-11(13(16)15-9-2-3-9)12(5-8)18-7-10-6-17-10/h1,4-5,9-10H,2-3,6-7H2,(H,15,16)/t10-/m0/s1. The summed E-state index contributed by atoms with van der Waals surface area (Å²) in [6, 6.07) is 4.23. The van der Waals surface area contributed by atoms with E-state index in [1.54, 1.807) is 0 Å². The van der Waals surface area contributed by atoms with Gasteiger partial charge in [-0.2, -0.15) is 0 Å². The van der Waals surface area contributed by atoms with Gasteiger partial charge >= 0.3 is 0 Å². The van der Waals surface area contributed by atoms with E-state index in [0.717, 1.165) is 12.8 Å². The van der Waals surface area contributed by atoms with Crippen LogP contribution in [0.15, 0.2) is 18.2 Å². The second-order valence-electron chi connectivity index (χ2n) is 4.65. The van der Waals surface area contributed by atoms with Crippen LogP contribution in [0.5, 0.6) is 5.75 Å². The molecule has 0 radical (unpaired) electrons. The molecule has 1 N–H and O–H groups in total. The third-order valence-corrected chi connectivity index (χ3v) is 2.93. The molecule has 1 aliphatic heterocycles. The van der Waals surface area contributed by atoms with Crippen LogP contribution in [-0.2, 0) is 4.74 Å². The first-order valence-electron chi connectivity index (χ1n) is 6.07. The molecular weight excluding hydrogens is 237 g/mol. The Labute approximate surface area is 104 Å². The van der Waals surface area contributed by atoms with E-state index in [0.29, 0.717) is 18.8 Å². The van der Waals surface area contributed by atoms with Crippen molar-refractivity contribution >= 4 is 5.91 Å². The van der Waals surface area contributed by atoms with Gasteiger partial charge in [0.2, 0.25) is 0 Å². The number of nitrogens with one attached hydrogen (secondary N) is 1. The van der Waals surface area contributed by atoms with E-state index < -0.39 is 5.82 Å². The smallest absolute Gasteiger partial charge is 0.255 e. The molecule has 1 heterocycles. The number of halogens is 1. The minimum absolute atomic E-state index is 0.0765. The highest BCUT2D eigenvalue weighted by molar-refractivity contribution is 5.97. The SMILES string of the molecule is O=C(NC1CC1)c1ccc(F)cc1OC[C@@H]1CO1. The van der Waals surface area contributed by atoms with Gasteiger partial charge in [0.05, 0.1) is 12.2 Å². The quantitative estimate of drug-likeness (QED) is 0.807. The Morgan fingerprint density at radius 3 is 2.94 bits per heavy atom. The van der Waals surface area contributed by atoms with E-state index >= 15 is 0 Å². The molecule has 0 bridgehead atoms. The fourth-order valence-electron chi connectivity index (χ4n) is 1.64. The fraction of sp³-hybridized carbons (Fsp3) is 0.462. The highest BCUT2D eigenvalue weighted by atomic mass is 19.1. The maximum Gasteiger partial charge on any atom is 0.255 e. The summed E-state index contributed by atoms with van der Waals surface area (Å²) < 4.78 is 23.6. The van der Waals surface area contributed by atoms with Crippen molar-refractivity contribution in [3.8, 4) is 5.75 Å². The van der Waals surface area contributed by atoms with E-state index in [-0.39, 0.29) is 23.8 Å². The molecule has 96 valence electrons. The van der Waals surface area contributed by atoms with E-state index in [4.69, 9.17) is 9.47 Å². The Kier molecular flexibility index (Phi) is 2.91. The predicted octanol–water partition coefficient (Wildman–Crippen LogP) is 1.50. The number of hydrogen-bond acceptors (Lipinski definition) is 3. The van der Waals surface area contributed by atoms with Crippen LogP contribution in [0.3, 0.4) is 0 Å². The summed E-state index contributed by atoms with van der Waals surface area (Å²) in [6.45, 7) is 1.02. The minimum atomic E-state index is -0.412. The largest absolute Gasteiger partial charge is 0.490 e. The molecule has 2 aliphatic rings. The molecule has 1 saturated carbocycles. The number of epoxide rings is 1. The van der Waals surface area contributed by atoms with Gasteiger partial charge in [0.25, 0.3) is 5.91 Å². The van der Waals surface area contributed by atoms with Crippen LogP contribution in [0.25, 0.3) is 0 Å². The van der Waals surface area contributed by atoms with Crippen molar-refractivity contribution in [3.63, 3.8) is 0 Å². The summed E-state index contributed by atoms with van der Waals surface area (Å²) in [7, 11) is 0. The van der Waals surface area contributed by atoms with Gasteiger partial charge < -0.3 is 14.8 Å². The lowest BCUT2D eigenvalue weighted by Gasteiger charge is -2.10. The zero-order valence-electron chi connectivity index (χ0n) is 9.82. The van der Waals surface area contributed by atoms with Crippen LogP contribution in [0.2, 0.25) is 0 Å². The lowest BCUT2D eigenvalue weighted by atomic mass is 10.2. The Balaban J connectivity index is 1.74. The van der Waals surface area contributed by atoms with Crippen molar-refractivity contribution in [1.82, 2.24) is 5.32 Å². The first-order chi connectivity index (χ1) is 8.72. The summed E-state index contributed by atoms with van der Waals surface area (Å²) in [6.07, 6.45) is 2.10. The van der Waals surface area contributed by atoms with E-state index in [1.807, 2.05) is 0 Å². The van der Waals surface area contributed by atoms with Crippen LogP contribution < -0.4 is 10.1 Å². The summed E-state index contributed by atoms with van der Waals surface area (Å²) in [4.78, 5) is 11.9. The molecule has 1 atom stereocenters. The predicted molar refractivity (Wildman–Crippen MR) is 62.1 cm³/mol. The molecule has 1 aromatic carbocycles. The van der Waals surface area contributed by atoms with Gasteiger partial charge in [0.1, 0.15) is 24.3 Å². The number of carbonyl (C=O) groups is 1. The Bertz CT molecular complexity index is 469. The number of rotatable bonds is 5. The first-order valence-corrected chi connectivity index (χ1v) is 6.07. The summed E-state index contributed by atoms with van der Waals surface area (Å²) >= 11 is 0. The van der Waals surface area contributed by atoms with Crippen molar-refractivity contribution < 1.29 is 18.7 Å². The lowest BCUT2D eigenvalue weighted by molar-refractivity contribution is 0.0946. The average molecular weight is 251 g/mol. The molecule has 0 aromatic heterocycles. The number of ether oxygens (including phenoxy) is 2. The summed E-state index contributed by atoms with van der Waals surface area (Å²) in [5.74, 6) is -0.336. The molecule has 0 unspecified atom stereocenters. The van der Waals surface area contributed by atoms with E-state index in [1.165, 1.54) is 18.2 Å². The molecule has 5 heteroatoms. The van der Waals surface area contributed by atoms with Crippen LogP contribution >= 0.6 is 0 Å².